The number of hydrogen-bond acceptors (Lipinski definition) is 5. The Morgan fingerprint density at radius 2 is 1.73 bits per heavy atom. The molecule has 1 aromatic heterocycles. The zero-order valence-electron chi connectivity index (χ0n) is 5.11. The first-order valence-electron chi connectivity index (χ1n) is 2.51. The standard InChI is InChI=1S/C5H4O6/c6-1-2(7)5(10)11-3(1)4(8)9/h6-7,10H,(H,8,9). The summed E-state index contributed by atoms with van der Waals surface area (Å²) in [7, 11) is 0. The SMILES string of the molecule is O=C(O)c1oc(O)c(O)c1O. The third-order valence-electron chi connectivity index (χ3n) is 1.03. The van der Waals surface area contributed by atoms with Crippen molar-refractivity contribution < 1.29 is 29.6 Å². The Bertz CT molecular complexity index is 298. The molecule has 0 radical (unpaired) electrons. The molecule has 6 heteroatoms. The van der Waals surface area contributed by atoms with Crippen molar-refractivity contribution in [1.29, 1.82) is 0 Å². The average molecular weight is 160 g/mol. The lowest BCUT2D eigenvalue weighted by Gasteiger charge is -1.85. The maximum Gasteiger partial charge on any atom is 0.376 e. The van der Waals surface area contributed by atoms with Gasteiger partial charge in [0.15, 0.2) is 0 Å². The summed E-state index contributed by atoms with van der Waals surface area (Å²) in [6, 6.07) is 0. The highest BCUT2D eigenvalue weighted by molar-refractivity contribution is 5.89. The lowest BCUT2D eigenvalue weighted by molar-refractivity contribution is 0.0651. The Hall–Kier alpha value is -1.85. The maximum atomic E-state index is 10.1. The molecule has 0 unspecified atom stereocenters. The molecule has 0 aliphatic rings. The molecule has 0 atom stereocenters. The summed E-state index contributed by atoms with van der Waals surface area (Å²) < 4.78 is 4.06. The summed E-state index contributed by atoms with van der Waals surface area (Å²) >= 11 is 0. The number of rotatable bonds is 1. The summed E-state index contributed by atoms with van der Waals surface area (Å²) in [6.45, 7) is 0. The Morgan fingerprint density at radius 3 is 1.91 bits per heavy atom. The van der Waals surface area contributed by atoms with Crippen molar-refractivity contribution in [3.05, 3.63) is 5.76 Å². The van der Waals surface area contributed by atoms with Crippen LogP contribution in [0.2, 0.25) is 0 Å². The number of carbonyl (C=O) groups is 1. The van der Waals surface area contributed by atoms with Crippen LogP contribution in [-0.2, 0) is 0 Å². The minimum atomic E-state index is -1.57. The van der Waals surface area contributed by atoms with Crippen LogP contribution >= 0.6 is 0 Å². The molecule has 0 fully saturated rings. The van der Waals surface area contributed by atoms with Crippen molar-refractivity contribution in [3.63, 3.8) is 0 Å². The zero-order valence-corrected chi connectivity index (χ0v) is 5.11. The highest BCUT2D eigenvalue weighted by Gasteiger charge is 2.23. The van der Waals surface area contributed by atoms with E-state index < -0.39 is 29.2 Å². The van der Waals surface area contributed by atoms with Crippen LogP contribution in [0.4, 0.5) is 0 Å². The van der Waals surface area contributed by atoms with E-state index in [1.165, 1.54) is 0 Å². The Kier molecular flexibility index (Phi) is 1.37. The van der Waals surface area contributed by atoms with E-state index in [4.69, 9.17) is 20.4 Å². The van der Waals surface area contributed by atoms with Crippen LogP contribution in [0.1, 0.15) is 10.6 Å². The van der Waals surface area contributed by atoms with Crippen LogP contribution in [0.25, 0.3) is 0 Å². The van der Waals surface area contributed by atoms with Gasteiger partial charge in [-0.15, -0.1) is 0 Å². The topological polar surface area (TPSA) is 111 Å². The summed E-state index contributed by atoms with van der Waals surface area (Å²) in [5.74, 6) is -5.42. The Morgan fingerprint density at radius 1 is 1.18 bits per heavy atom. The Labute approximate surface area is 59.9 Å². The van der Waals surface area contributed by atoms with Gasteiger partial charge >= 0.3 is 11.9 Å². The summed E-state index contributed by atoms with van der Waals surface area (Å²) in [5.41, 5.74) is 0. The summed E-state index contributed by atoms with van der Waals surface area (Å²) in [6.07, 6.45) is 0. The van der Waals surface area contributed by atoms with E-state index in [0.29, 0.717) is 0 Å². The molecule has 60 valence electrons. The highest BCUT2D eigenvalue weighted by atomic mass is 16.5. The number of carboxylic acid groups (broad SMARTS) is 1. The first-order valence-corrected chi connectivity index (χ1v) is 2.51. The van der Waals surface area contributed by atoms with Gasteiger partial charge in [0.1, 0.15) is 0 Å². The second-order valence-corrected chi connectivity index (χ2v) is 1.74. The van der Waals surface area contributed by atoms with Crippen LogP contribution in [-0.4, -0.2) is 26.4 Å². The molecule has 0 aliphatic carbocycles. The molecule has 1 aromatic rings. The largest absolute Gasteiger partial charge is 0.501 e. The summed E-state index contributed by atoms with van der Waals surface area (Å²) in [5, 5.41) is 34.1. The summed E-state index contributed by atoms with van der Waals surface area (Å²) in [4.78, 5) is 10.1. The van der Waals surface area contributed by atoms with E-state index in [-0.39, 0.29) is 0 Å². The number of hydrogen-bond donors (Lipinski definition) is 4. The van der Waals surface area contributed by atoms with E-state index in [1.807, 2.05) is 0 Å². The van der Waals surface area contributed by atoms with Crippen molar-refractivity contribution in [1.82, 2.24) is 0 Å². The van der Waals surface area contributed by atoms with Crippen LogP contribution in [0.5, 0.6) is 17.4 Å². The fraction of sp³-hybridized carbons (Fsp3) is 0. The molecule has 6 nitrogen and oxygen atoms in total. The third-order valence-corrected chi connectivity index (χ3v) is 1.03. The molecule has 0 aliphatic heterocycles. The third kappa shape index (κ3) is 0.936. The molecule has 0 saturated heterocycles. The maximum absolute atomic E-state index is 10.1. The molecule has 0 bridgehead atoms. The van der Waals surface area contributed by atoms with Gasteiger partial charge in [0.25, 0.3) is 5.76 Å². The van der Waals surface area contributed by atoms with Gasteiger partial charge in [-0.3, -0.25) is 0 Å². The van der Waals surface area contributed by atoms with Gasteiger partial charge in [0, 0.05) is 0 Å². The van der Waals surface area contributed by atoms with Crippen molar-refractivity contribution in [2.75, 3.05) is 0 Å². The molecule has 1 rings (SSSR count). The smallest absolute Gasteiger partial charge is 0.376 e. The van der Waals surface area contributed by atoms with Gasteiger partial charge < -0.3 is 24.8 Å². The molecule has 4 N–H and O–H groups in total. The molecule has 0 amide bonds. The van der Waals surface area contributed by atoms with Gasteiger partial charge in [-0.2, -0.15) is 0 Å². The second-order valence-electron chi connectivity index (χ2n) is 1.74. The average Bonchev–Trinajstić information content (AvgIpc) is 2.17. The van der Waals surface area contributed by atoms with E-state index in [2.05, 4.69) is 4.42 Å². The van der Waals surface area contributed by atoms with E-state index in [1.54, 1.807) is 0 Å². The van der Waals surface area contributed by atoms with Crippen LogP contribution in [0, 0.1) is 0 Å². The van der Waals surface area contributed by atoms with E-state index in [9.17, 15) is 4.79 Å². The van der Waals surface area contributed by atoms with Crippen molar-refractivity contribution in [2.24, 2.45) is 0 Å². The molecule has 0 spiro atoms. The highest BCUT2D eigenvalue weighted by Crippen LogP contribution is 2.40. The monoisotopic (exact) mass is 160 g/mol. The first-order chi connectivity index (χ1) is 5.04. The quantitative estimate of drug-likeness (QED) is 0.463. The predicted octanol–water partition coefficient (Wildman–Crippen LogP) is 0.0946. The van der Waals surface area contributed by atoms with E-state index in [0.717, 1.165) is 0 Å². The second kappa shape index (κ2) is 2.08. The predicted molar refractivity (Wildman–Crippen MR) is 30.7 cm³/mol. The minimum absolute atomic E-state index is 0.889. The van der Waals surface area contributed by atoms with Gasteiger partial charge in [-0.05, 0) is 0 Å². The lowest BCUT2D eigenvalue weighted by Crippen LogP contribution is -1.92. The van der Waals surface area contributed by atoms with Crippen molar-refractivity contribution in [2.45, 2.75) is 0 Å². The van der Waals surface area contributed by atoms with E-state index >= 15 is 0 Å². The van der Waals surface area contributed by atoms with Crippen molar-refractivity contribution >= 4 is 5.97 Å². The fourth-order valence-corrected chi connectivity index (χ4v) is 0.547. The van der Waals surface area contributed by atoms with Gasteiger partial charge in [0.05, 0.1) is 0 Å². The lowest BCUT2D eigenvalue weighted by atomic mass is 10.4. The fourth-order valence-electron chi connectivity index (χ4n) is 0.547. The number of aromatic carboxylic acids is 1. The number of furan rings is 1. The van der Waals surface area contributed by atoms with Gasteiger partial charge in [0.2, 0.25) is 11.5 Å². The van der Waals surface area contributed by atoms with Crippen LogP contribution in [0.15, 0.2) is 4.42 Å². The molecule has 1 heterocycles. The van der Waals surface area contributed by atoms with Crippen LogP contribution < -0.4 is 0 Å². The number of aromatic hydroxyl groups is 3. The zero-order chi connectivity index (χ0) is 8.59. The molecular weight excluding hydrogens is 156 g/mol. The first kappa shape index (κ1) is 7.26. The van der Waals surface area contributed by atoms with Gasteiger partial charge in [-0.25, -0.2) is 4.79 Å². The molecule has 0 saturated carbocycles. The molecular formula is C5H4O6. The van der Waals surface area contributed by atoms with Crippen molar-refractivity contribution in [3.8, 4) is 17.4 Å². The molecule has 0 aromatic carbocycles. The van der Waals surface area contributed by atoms with Crippen LogP contribution in [0.3, 0.4) is 0 Å². The Balaban J connectivity index is 3.29. The van der Waals surface area contributed by atoms with Gasteiger partial charge in [-0.1, -0.05) is 0 Å². The normalized spacial score (nSPS) is 9.82. The number of carboxylic acids is 1. The minimum Gasteiger partial charge on any atom is -0.501 e. The molecule has 11 heavy (non-hydrogen) atoms.